The Morgan fingerprint density at radius 3 is 2.80 bits per heavy atom. The molecule has 0 aromatic carbocycles. The van der Waals surface area contributed by atoms with Crippen LogP contribution in [0.25, 0.3) is 0 Å². The molecule has 2 atom stereocenters. The van der Waals surface area contributed by atoms with E-state index in [2.05, 4.69) is 22.6 Å². The van der Waals surface area contributed by atoms with Gasteiger partial charge in [0, 0.05) is 3.92 Å². The van der Waals surface area contributed by atoms with Crippen LogP contribution in [0.3, 0.4) is 0 Å². The van der Waals surface area contributed by atoms with Gasteiger partial charge in [-0.05, 0) is 31.7 Å². The van der Waals surface area contributed by atoms with Gasteiger partial charge < -0.3 is 5.73 Å². The van der Waals surface area contributed by atoms with Crippen molar-refractivity contribution in [3.05, 3.63) is 0 Å². The molecule has 0 aromatic heterocycles. The van der Waals surface area contributed by atoms with Crippen LogP contribution >= 0.6 is 22.6 Å². The minimum Gasteiger partial charge on any atom is -0.330 e. The van der Waals surface area contributed by atoms with Crippen LogP contribution in [0.2, 0.25) is 0 Å². The van der Waals surface area contributed by atoms with Crippen molar-refractivity contribution >= 4 is 22.6 Å². The first-order chi connectivity index (χ1) is 4.83. The van der Waals surface area contributed by atoms with Gasteiger partial charge in [-0.25, -0.2) is 0 Å². The Hall–Kier alpha value is 0.690. The fourth-order valence-corrected chi connectivity index (χ4v) is 2.88. The van der Waals surface area contributed by atoms with Gasteiger partial charge in [-0.1, -0.05) is 35.4 Å². The van der Waals surface area contributed by atoms with Crippen molar-refractivity contribution in [2.45, 2.75) is 36.0 Å². The standard InChI is InChI=1S/C8H16IN/c9-8-3-1-2-7(6-8)4-5-10/h7-8H,1-6,10H2. The van der Waals surface area contributed by atoms with Crippen LogP contribution in [-0.2, 0) is 0 Å². The minimum atomic E-state index is 0.883. The van der Waals surface area contributed by atoms with E-state index < -0.39 is 0 Å². The molecule has 0 aromatic rings. The topological polar surface area (TPSA) is 26.0 Å². The molecule has 10 heavy (non-hydrogen) atoms. The van der Waals surface area contributed by atoms with Gasteiger partial charge >= 0.3 is 0 Å². The van der Waals surface area contributed by atoms with Crippen molar-refractivity contribution < 1.29 is 0 Å². The number of rotatable bonds is 2. The van der Waals surface area contributed by atoms with E-state index in [9.17, 15) is 0 Å². The highest BCUT2D eigenvalue weighted by Crippen LogP contribution is 2.30. The van der Waals surface area contributed by atoms with E-state index >= 15 is 0 Å². The lowest BCUT2D eigenvalue weighted by Crippen LogP contribution is -2.17. The lowest BCUT2D eigenvalue weighted by molar-refractivity contribution is 0.357. The Kier molecular flexibility index (Phi) is 3.99. The average Bonchev–Trinajstić information content (AvgIpc) is 1.88. The third kappa shape index (κ3) is 2.74. The molecule has 1 fully saturated rings. The van der Waals surface area contributed by atoms with Crippen LogP contribution in [0.15, 0.2) is 0 Å². The summed E-state index contributed by atoms with van der Waals surface area (Å²) in [5.74, 6) is 0.945. The van der Waals surface area contributed by atoms with Crippen molar-refractivity contribution in [2.75, 3.05) is 6.54 Å². The second-order valence-corrected chi connectivity index (χ2v) is 4.97. The average molecular weight is 253 g/mol. The summed E-state index contributed by atoms with van der Waals surface area (Å²) >= 11 is 2.57. The molecule has 60 valence electrons. The summed E-state index contributed by atoms with van der Waals surface area (Å²) in [4.78, 5) is 0. The first-order valence-electron chi connectivity index (χ1n) is 4.17. The van der Waals surface area contributed by atoms with Crippen LogP contribution < -0.4 is 5.73 Å². The summed E-state index contributed by atoms with van der Waals surface area (Å²) in [7, 11) is 0. The van der Waals surface area contributed by atoms with Crippen molar-refractivity contribution in [1.29, 1.82) is 0 Å². The molecule has 1 saturated carbocycles. The Morgan fingerprint density at radius 1 is 1.40 bits per heavy atom. The zero-order valence-electron chi connectivity index (χ0n) is 6.35. The molecule has 1 aliphatic rings. The van der Waals surface area contributed by atoms with Crippen LogP contribution in [0.1, 0.15) is 32.1 Å². The van der Waals surface area contributed by atoms with E-state index in [1.807, 2.05) is 0 Å². The van der Waals surface area contributed by atoms with Crippen molar-refractivity contribution in [3.63, 3.8) is 0 Å². The molecule has 0 heterocycles. The first-order valence-corrected chi connectivity index (χ1v) is 5.41. The highest BCUT2D eigenvalue weighted by molar-refractivity contribution is 14.1. The number of alkyl halides is 1. The first kappa shape index (κ1) is 8.78. The van der Waals surface area contributed by atoms with E-state index in [-0.39, 0.29) is 0 Å². The van der Waals surface area contributed by atoms with Gasteiger partial charge in [0.1, 0.15) is 0 Å². The largest absolute Gasteiger partial charge is 0.330 e. The molecule has 0 amide bonds. The van der Waals surface area contributed by atoms with Crippen LogP contribution in [0, 0.1) is 5.92 Å². The molecule has 2 unspecified atom stereocenters. The highest BCUT2D eigenvalue weighted by Gasteiger charge is 2.18. The van der Waals surface area contributed by atoms with E-state index in [4.69, 9.17) is 5.73 Å². The highest BCUT2D eigenvalue weighted by atomic mass is 127. The van der Waals surface area contributed by atoms with Gasteiger partial charge in [-0.15, -0.1) is 0 Å². The Morgan fingerprint density at radius 2 is 2.20 bits per heavy atom. The predicted octanol–water partition coefficient (Wildman–Crippen LogP) is 2.33. The molecule has 0 spiro atoms. The lowest BCUT2D eigenvalue weighted by Gasteiger charge is -2.24. The molecule has 1 aliphatic carbocycles. The fraction of sp³-hybridized carbons (Fsp3) is 1.00. The SMILES string of the molecule is NCCC1CCCC(I)C1. The van der Waals surface area contributed by atoms with Crippen LogP contribution in [-0.4, -0.2) is 10.5 Å². The Balaban J connectivity index is 2.18. The summed E-state index contributed by atoms with van der Waals surface area (Å²) in [6.45, 7) is 0.883. The lowest BCUT2D eigenvalue weighted by atomic mass is 9.87. The quantitative estimate of drug-likeness (QED) is 0.593. The summed E-state index contributed by atoms with van der Waals surface area (Å²) in [6, 6.07) is 0. The van der Waals surface area contributed by atoms with Gasteiger partial charge in [-0.3, -0.25) is 0 Å². The fourth-order valence-electron chi connectivity index (χ4n) is 1.72. The molecule has 0 bridgehead atoms. The Bertz CT molecular complexity index is 93.3. The maximum absolute atomic E-state index is 5.50. The second-order valence-electron chi connectivity index (χ2n) is 3.21. The van der Waals surface area contributed by atoms with Crippen molar-refractivity contribution in [3.8, 4) is 0 Å². The van der Waals surface area contributed by atoms with Crippen LogP contribution in [0.5, 0.6) is 0 Å². The summed E-state index contributed by atoms with van der Waals surface area (Å²) < 4.78 is 0.933. The normalized spacial score (nSPS) is 34.2. The minimum absolute atomic E-state index is 0.883. The van der Waals surface area contributed by atoms with E-state index in [0.29, 0.717) is 0 Å². The van der Waals surface area contributed by atoms with Gasteiger partial charge in [0.15, 0.2) is 0 Å². The molecule has 2 heteroatoms. The molecular weight excluding hydrogens is 237 g/mol. The molecule has 1 nitrogen and oxygen atoms in total. The van der Waals surface area contributed by atoms with Crippen molar-refractivity contribution in [1.82, 2.24) is 0 Å². The van der Waals surface area contributed by atoms with E-state index in [0.717, 1.165) is 16.4 Å². The van der Waals surface area contributed by atoms with E-state index in [1.54, 1.807) is 0 Å². The zero-order chi connectivity index (χ0) is 7.40. The molecule has 0 radical (unpaired) electrons. The molecule has 1 rings (SSSR count). The zero-order valence-corrected chi connectivity index (χ0v) is 8.51. The van der Waals surface area contributed by atoms with Gasteiger partial charge in [0.2, 0.25) is 0 Å². The second kappa shape index (κ2) is 4.54. The summed E-state index contributed by atoms with van der Waals surface area (Å²) in [6.07, 6.45) is 6.95. The number of halogens is 1. The third-order valence-corrected chi connectivity index (χ3v) is 3.43. The Labute approximate surface area is 76.9 Å². The number of hydrogen-bond donors (Lipinski definition) is 1. The monoisotopic (exact) mass is 253 g/mol. The van der Waals surface area contributed by atoms with E-state index in [1.165, 1.54) is 32.1 Å². The maximum Gasteiger partial charge on any atom is 0.0112 e. The number of nitrogens with two attached hydrogens (primary N) is 1. The van der Waals surface area contributed by atoms with Crippen molar-refractivity contribution in [2.24, 2.45) is 11.7 Å². The summed E-state index contributed by atoms with van der Waals surface area (Å²) in [5, 5.41) is 0. The molecule has 0 aliphatic heterocycles. The van der Waals surface area contributed by atoms with Gasteiger partial charge in [0.05, 0.1) is 0 Å². The van der Waals surface area contributed by atoms with Gasteiger partial charge in [-0.2, -0.15) is 0 Å². The molecule has 0 saturated heterocycles. The van der Waals surface area contributed by atoms with Gasteiger partial charge in [0.25, 0.3) is 0 Å². The predicted molar refractivity (Wildman–Crippen MR) is 53.4 cm³/mol. The third-order valence-electron chi connectivity index (χ3n) is 2.29. The smallest absolute Gasteiger partial charge is 0.0112 e. The molecular formula is C8H16IN. The maximum atomic E-state index is 5.50. The summed E-state index contributed by atoms with van der Waals surface area (Å²) in [5.41, 5.74) is 5.50. The molecule has 2 N–H and O–H groups in total. The van der Waals surface area contributed by atoms with Crippen LogP contribution in [0.4, 0.5) is 0 Å². The number of hydrogen-bond acceptors (Lipinski definition) is 1.